The van der Waals surface area contributed by atoms with E-state index in [4.69, 9.17) is 4.74 Å². The topological polar surface area (TPSA) is 62.7 Å². The number of amides is 1. The second-order valence-electron chi connectivity index (χ2n) is 7.90. The SMILES string of the molecule is O=C(c1cccc(-c2ccn[nH]2)c1)N1CC[NH+](CC2=Cc3ccccc3OC2)CC1. The summed E-state index contributed by atoms with van der Waals surface area (Å²) in [7, 11) is 0. The van der Waals surface area contributed by atoms with Crippen molar-refractivity contribution in [3.63, 3.8) is 0 Å². The van der Waals surface area contributed by atoms with Crippen LogP contribution in [0.4, 0.5) is 0 Å². The number of hydrogen-bond donors (Lipinski definition) is 2. The summed E-state index contributed by atoms with van der Waals surface area (Å²) >= 11 is 0. The van der Waals surface area contributed by atoms with Crippen LogP contribution in [0, 0.1) is 0 Å². The first-order valence-electron chi connectivity index (χ1n) is 10.4. The number of benzene rings is 2. The van der Waals surface area contributed by atoms with Crippen LogP contribution in [0.3, 0.4) is 0 Å². The van der Waals surface area contributed by atoms with Crippen LogP contribution in [0.2, 0.25) is 0 Å². The molecule has 0 radical (unpaired) electrons. The molecule has 30 heavy (non-hydrogen) atoms. The Bertz CT molecular complexity index is 1070. The van der Waals surface area contributed by atoms with Crippen molar-refractivity contribution in [1.82, 2.24) is 15.1 Å². The number of aromatic nitrogens is 2. The number of ether oxygens (including phenoxy) is 1. The van der Waals surface area contributed by atoms with Gasteiger partial charge in [-0.1, -0.05) is 30.3 Å². The first-order chi connectivity index (χ1) is 14.8. The van der Waals surface area contributed by atoms with Crippen LogP contribution in [-0.4, -0.2) is 60.3 Å². The number of carbonyl (C=O) groups excluding carboxylic acids is 1. The highest BCUT2D eigenvalue weighted by atomic mass is 16.5. The molecule has 1 aromatic heterocycles. The van der Waals surface area contributed by atoms with Gasteiger partial charge in [-0.3, -0.25) is 9.89 Å². The predicted molar refractivity (Wildman–Crippen MR) is 115 cm³/mol. The number of fused-ring (bicyclic) bond motifs is 1. The van der Waals surface area contributed by atoms with E-state index in [0.29, 0.717) is 6.61 Å². The molecular weight excluding hydrogens is 376 g/mol. The molecule has 1 fully saturated rings. The number of nitrogens with zero attached hydrogens (tertiary/aromatic N) is 2. The van der Waals surface area contributed by atoms with Crippen molar-refractivity contribution in [1.29, 1.82) is 0 Å². The zero-order chi connectivity index (χ0) is 20.3. The van der Waals surface area contributed by atoms with Crippen molar-refractivity contribution >= 4 is 12.0 Å². The number of quaternary nitrogens is 1. The third-order valence-electron chi connectivity index (χ3n) is 5.85. The van der Waals surface area contributed by atoms with Gasteiger partial charge in [-0.25, -0.2) is 0 Å². The van der Waals surface area contributed by atoms with E-state index in [1.807, 2.05) is 53.4 Å². The number of nitrogens with one attached hydrogen (secondary N) is 2. The first-order valence-corrected chi connectivity index (χ1v) is 10.4. The average Bonchev–Trinajstić information content (AvgIpc) is 3.34. The monoisotopic (exact) mass is 401 g/mol. The molecule has 5 rings (SSSR count). The van der Waals surface area contributed by atoms with E-state index in [9.17, 15) is 4.79 Å². The van der Waals surface area contributed by atoms with E-state index >= 15 is 0 Å². The Kier molecular flexibility index (Phi) is 5.07. The number of piperazine rings is 1. The third-order valence-corrected chi connectivity index (χ3v) is 5.85. The second-order valence-corrected chi connectivity index (χ2v) is 7.90. The molecule has 1 amide bonds. The molecule has 2 N–H and O–H groups in total. The van der Waals surface area contributed by atoms with Gasteiger partial charge in [0.15, 0.2) is 0 Å². The number of rotatable bonds is 4. The summed E-state index contributed by atoms with van der Waals surface area (Å²) < 4.78 is 5.88. The van der Waals surface area contributed by atoms with E-state index in [0.717, 1.165) is 60.9 Å². The van der Waals surface area contributed by atoms with Crippen molar-refractivity contribution < 1.29 is 14.4 Å². The lowest BCUT2D eigenvalue weighted by molar-refractivity contribution is -0.899. The number of para-hydroxylation sites is 1. The quantitative estimate of drug-likeness (QED) is 0.702. The van der Waals surface area contributed by atoms with E-state index < -0.39 is 0 Å². The molecule has 152 valence electrons. The molecule has 6 heteroatoms. The summed E-state index contributed by atoms with van der Waals surface area (Å²) in [5.41, 5.74) is 5.10. The Labute approximate surface area is 175 Å². The van der Waals surface area contributed by atoms with Crippen LogP contribution in [-0.2, 0) is 0 Å². The Balaban J connectivity index is 1.20. The highest BCUT2D eigenvalue weighted by Crippen LogP contribution is 2.25. The molecule has 0 bridgehead atoms. The van der Waals surface area contributed by atoms with Crippen molar-refractivity contribution in [2.45, 2.75) is 0 Å². The molecule has 0 spiro atoms. The fraction of sp³-hybridized carbons (Fsp3) is 0.250. The first kappa shape index (κ1) is 18.6. The van der Waals surface area contributed by atoms with Crippen LogP contribution in [0.1, 0.15) is 15.9 Å². The summed E-state index contributed by atoms with van der Waals surface area (Å²) in [6.07, 6.45) is 3.97. The molecule has 2 aromatic carbocycles. The zero-order valence-electron chi connectivity index (χ0n) is 16.8. The highest BCUT2D eigenvalue weighted by Gasteiger charge is 2.26. The number of aromatic amines is 1. The summed E-state index contributed by atoms with van der Waals surface area (Å²) in [6.45, 7) is 5.06. The Hall–Kier alpha value is -3.38. The molecule has 1 saturated heterocycles. The van der Waals surface area contributed by atoms with E-state index in [1.165, 1.54) is 10.5 Å². The van der Waals surface area contributed by atoms with Crippen LogP contribution >= 0.6 is 0 Å². The molecule has 0 aliphatic carbocycles. The molecule has 3 aromatic rings. The van der Waals surface area contributed by atoms with Gasteiger partial charge in [-0.15, -0.1) is 0 Å². The number of hydrogen-bond acceptors (Lipinski definition) is 3. The van der Waals surface area contributed by atoms with Gasteiger partial charge in [0.25, 0.3) is 5.91 Å². The van der Waals surface area contributed by atoms with Gasteiger partial charge >= 0.3 is 0 Å². The van der Waals surface area contributed by atoms with Crippen LogP contribution < -0.4 is 9.64 Å². The van der Waals surface area contributed by atoms with Crippen molar-refractivity contribution in [3.8, 4) is 17.0 Å². The maximum Gasteiger partial charge on any atom is 0.254 e. The predicted octanol–water partition coefficient (Wildman–Crippen LogP) is 1.89. The Morgan fingerprint density at radius 2 is 1.97 bits per heavy atom. The highest BCUT2D eigenvalue weighted by molar-refractivity contribution is 5.95. The minimum atomic E-state index is 0.101. The van der Waals surface area contributed by atoms with Gasteiger partial charge in [-0.2, -0.15) is 5.10 Å². The molecule has 0 unspecified atom stereocenters. The normalized spacial score (nSPS) is 16.5. The van der Waals surface area contributed by atoms with Gasteiger partial charge in [0.1, 0.15) is 18.9 Å². The molecule has 3 heterocycles. The minimum absolute atomic E-state index is 0.101. The van der Waals surface area contributed by atoms with Crippen molar-refractivity contribution in [3.05, 3.63) is 77.5 Å². The maximum absolute atomic E-state index is 13.0. The van der Waals surface area contributed by atoms with Crippen LogP contribution in [0.5, 0.6) is 5.75 Å². The van der Waals surface area contributed by atoms with E-state index in [1.54, 1.807) is 6.20 Å². The minimum Gasteiger partial charge on any atom is -0.488 e. The average molecular weight is 401 g/mol. The molecule has 2 aliphatic heterocycles. The number of H-pyrrole nitrogens is 1. The molecule has 6 nitrogen and oxygen atoms in total. The largest absolute Gasteiger partial charge is 0.488 e. The zero-order valence-corrected chi connectivity index (χ0v) is 16.8. The smallest absolute Gasteiger partial charge is 0.254 e. The fourth-order valence-corrected chi connectivity index (χ4v) is 4.21. The van der Waals surface area contributed by atoms with Gasteiger partial charge < -0.3 is 14.5 Å². The van der Waals surface area contributed by atoms with Gasteiger partial charge in [-0.05, 0) is 30.3 Å². The standard InChI is InChI=1S/C24H24N4O2/c29-24(21-6-3-5-19(15-21)22-8-9-25-26-22)28-12-10-27(11-13-28)16-18-14-20-4-1-2-7-23(20)30-17-18/h1-9,14-15H,10-13,16-17H2,(H,25,26)/p+1. The third kappa shape index (κ3) is 3.86. The Morgan fingerprint density at radius 1 is 1.10 bits per heavy atom. The lowest BCUT2D eigenvalue weighted by Crippen LogP contribution is -3.15. The fourth-order valence-electron chi connectivity index (χ4n) is 4.21. The second kappa shape index (κ2) is 8.16. The maximum atomic E-state index is 13.0. The van der Waals surface area contributed by atoms with Crippen molar-refractivity contribution in [2.24, 2.45) is 0 Å². The van der Waals surface area contributed by atoms with Gasteiger partial charge in [0.2, 0.25) is 0 Å². The van der Waals surface area contributed by atoms with E-state index in [-0.39, 0.29) is 5.91 Å². The number of carbonyl (C=O) groups is 1. The van der Waals surface area contributed by atoms with E-state index in [2.05, 4.69) is 22.3 Å². The Morgan fingerprint density at radius 3 is 2.80 bits per heavy atom. The lowest BCUT2D eigenvalue weighted by Gasteiger charge is -2.33. The summed E-state index contributed by atoms with van der Waals surface area (Å²) in [6, 6.07) is 17.8. The van der Waals surface area contributed by atoms with Crippen LogP contribution in [0.15, 0.2) is 66.4 Å². The van der Waals surface area contributed by atoms with Crippen LogP contribution in [0.25, 0.3) is 17.3 Å². The summed E-state index contributed by atoms with van der Waals surface area (Å²) in [5.74, 6) is 1.06. The summed E-state index contributed by atoms with van der Waals surface area (Å²) in [4.78, 5) is 16.5. The molecule has 0 saturated carbocycles. The molecular formula is C24H25N4O2+. The van der Waals surface area contributed by atoms with Crippen molar-refractivity contribution in [2.75, 3.05) is 39.3 Å². The lowest BCUT2D eigenvalue weighted by atomic mass is 10.1. The molecule has 0 atom stereocenters. The van der Waals surface area contributed by atoms with Gasteiger partial charge in [0.05, 0.1) is 31.9 Å². The van der Waals surface area contributed by atoms with Gasteiger partial charge in [0, 0.05) is 28.5 Å². The summed E-state index contributed by atoms with van der Waals surface area (Å²) in [5, 5.41) is 6.95. The molecule has 2 aliphatic rings.